The molecule has 31 heavy (non-hydrogen) atoms. The summed E-state index contributed by atoms with van der Waals surface area (Å²) in [5, 5.41) is 0.665. The maximum Gasteiger partial charge on any atom is 0.299 e. The molecule has 0 saturated carbocycles. The molecule has 0 bridgehead atoms. The second-order valence-corrected chi connectivity index (χ2v) is 7.38. The molecule has 5 nitrogen and oxygen atoms in total. The van der Waals surface area contributed by atoms with Crippen LogP contribution in [0.4, 0.5) is 10.1 Å². The van der Waals surface area contributed by atoms with Gasteiger partial charge in [0.25, 0.3) is 11.7 Å². The zero-order valence-electron chi connectivity index (χ0n) is 16.6. The molecule has 0 aliphatic carbocycles. The van der Waals surface area contributed by atoms with Gasteiger partial charge in [-0.2, -0.15) is 0 Å². The standard InChI is InChI=1S/C25H19FN2O3/c26-20-9-3-1-7-17(20)15-27-16-19(18-8-2-4-10-21(18)27)24(29)25(30)28-13-14-31-23-12-6-5-11-22(23)28/h1-12,16H,13-15H2. The van der Waals surface area contributed by atoms with Crippen molar-refractivity contribution in [2.45, 2.75) is 6.54 Å². The third kappa shape index (κ3) is 3.36. The third-order valence-electron chi connectivity index (χ3n) is 5.50. The molecule has 0 unspecified atom stereocenters. The number of ketones is 1. The van der Waals surface area contributed by atoms with E-state index >= 15 is 0 Å². The summed E-state index contributed by atoms with van der Waals surface area (Å²) >= 11 is 0. The Balaban J connectivity index is 1.53. The topological polar surface area (TPSA) is 51.5 Å². The number of para-hydroxylation sites is 3. The van der Waals surface area contributed by atoms with Crippen LogP contribution in [0.25, 0.3) is 10.9 Å². The van der Waals surface area contributed by atoms with Crippen LogP contribution in [0.2, 0.25) is 0 Å². The summed E-state index contributed by atoms with van der Waals surface area (Å²) in [7, 11) is 0. The van der Waals surface area contributed by atoms with Crippen molar-refractivity contribution in [2.24, 2.45) is 0 Å². The number of carbonyl (C=O) groups excluding carboxylic acids is 2. The fourth-order valence-electron chi connectivity index (χ4n) is 3.99. The van der Waals surface area contributed by atoms with E-state index in [0.717, 1.165) is 5.52 Å². The van der Waals surface area contributed by atoms with Crippen LogP contribution >= 0.6 is 0 Å². The summed E-state index contributed by atoms with van der Waals surface area (Å²) in [5.41, 5.74) is 2.17. The molecule has 1 aliphatic heterocycles. The van der Waals surface area contributed by atoms with E-state index in [2.05, 4.69) is 0 Å². The molecule has 0 fully saturated rings. The van der Waals surface area contributed by atoms with Gasteiger partial charge in [-0.05, 0) is 24.3 Å². The fraction of sp³-hybridized carbons (Fsp3) is 0.120. The molecule has 1 amide bonds. The van der Waals surface area contributed by atoms with Crippen molar-refractivity contribution >= 4 is 28.3 Å². The van der Waals surface area contributed by atoms with Crippen molar-refractivity contribution < 1.29 is 18.7 Å². The smallest absolute Gasteiger partial charge is 0.299 e. The highest BCUT2D eigenvalue weighted by molar-refractivity contribution is 6.49. The summed E-state index contributed by atoms with van der Waals surface area (Å²) in [4.78, 5) is 27.9. The first-order chi connectivity index (χ1) is 15.1. The minimum Gasteiger partial charge on any atom is -0.490 e. The summed E-state index contributed by atoms with van der Waals surface area (Å²) in [6, 6.07) is 21.0. The van der Waals surface area contributed by atoms with Gasteiger partial charge in [0, 0.05) is 22.7 Å². The predicted octanol–water partition coefficient (Wildman–Crippen LogP) is 4.44. The van der Waals surface area contributed by atoms with Crippen LogP contribution in [0.5, 0.6) is 5.75 Å². The van der Waals surface area contributed by atoms with E-state index in [1.165, 1.54) is 11.0 Å². The maximum atomic E-state index is 14.2. The zero-order valence-corrected chi connectivity index (χ0v) is 16.6. The Bertz CT molecular complexity index is 1310. The van der Waals surface area contributed by atoms with Crippen LogP contribution in [0.1, 0.15) is 15.9 Å². The van der Waals surface area contributed by atoms with Crippen LogP contribution in [-0.2, 0) is 11.3 Å². The minimum atomic E-state index is -0.607. The van der Waals surface area contributed by atoms with Gasteiger partial charge in [0.2, 0.25) is 0 Å². The Hall–Kier alpha value is -3.93. The Morgan fingerprint density at radius 2 is 1.68 bits per heavy atom. The monoisotopic (exact) mass is 414 g/mol. The first-order valence-electron chi connectivity index (χ1n) is 10.0. The molecule has 0 N–H and O–H groups in total. The first kappa shape index (κ1) is 19.1. The number of halogens is 1. The van der Waals surface area contributed by atoms with E-state index < -0.39 is 11.7 Å². The van der Waals surface area contributed by atoms with Gasteiger partial charge in [0.05, 0.1) is 24.3 Å². The first-order valence-corrected chi connectivity index (χ1v) is 10.0. The number of carbonyl (C=O) groups is 2. The van der Waals surface area contributed by atoms with Gasteiger partial charge in [-0.1, -0.05) is 48.5 Å². The number of ether oxygens (including phenoxy) is 1. The number of amides is 1. The van der Waals surface area contributed by atoms with Crippen molar-refractivity contribution in [1.82, 2.24) is 4.57 Å². The van der Waals surface area contributed by atoms with Gasteiger partial charge >= 0.3 is 0 Å². The van der Waals surface area contributed by atoms with Crippen molar-refractivity contribution in [2.75, 3.05) is 18.1 Å². The highest BCUT2D eigenvalue weighted by atomic mass is 19.1. The van der Waals surface area contributed by atoms with Gasteiger partial charge in [-0.3, -0.25) is 14.5 Å². The van der Waals surface area contributed by atoms with E-state index in [4.69, 9.17) is 4.74 Å². The van der Waals surface area contributed by atoms with Crippen LogP contribution in [0.15, 0.2) is 79.0 Å². The highest BCUT2D eigenvalue weighted by Crippen LogP contribution is 2.32. The Kier molecular flexibility index (Phi) is 4.75. The van der Waals surface area contributed by atoms with Gasteiger partial charge in [0.15, 0.2) is 0 Å². The number of Topliss-reactive ketones (excluding diaryl/α,β-unsaturated/α-hetero) is 1. The molecule has 2 heterocycles. The molecule has 5 rings (SSSR count). The largest absolute Gasteiger partial charge is 0.490 e. The van der Waals surface area contributed by atoms with Crippen molar-refractivity contribution in [3.8, 4) is 5.75 Å². The van der Waals surface area contributed by atoms with Crippen molar-refractivity contribution in [3.63, 3.8) is 0 Å². The molecular weight excluding hydrogens is 395 g/mol. The van der Waals surface area contributed by atoms with Crippen LogP contribution in [-0.4, -0.2) is 29.4 Å². The van der Waals surface area contributed by atoms with E-state index in [1.807, 2.05) is 28.8 Å². The number of fused-ring (bicyclic) bond motifs is 2. The number of rotatable bonds is 4. The summed E-state index contributed by atoms with van der Waals surface area (Å²) < 4.78 is 21.6. The molecule has 1 aromatic heterocycles. The lowest BCUT2D eigenvalue weighted by atomic mass is 10.1. The summed E-state index contributed by atoms with van der Waals surface area (Å²) in [6.45, 7) is 0.885. The van der Waals surface area contributed by atoms with Crippen molar-refractivity contribution in [1.29, 1.82) is 0 Å². The minimum absolute atomic E-state index is 0.259. The number of hydrogen-bond donors (Lipinski definition) is 0. The van der Waals surface area contributed by atoms with Gasteiger partial charge in [-0.25, -0.2) is 4.39 Å². The molecule has 154 valence electrons. The van der Waals surface area contributed by atoms with Gasteiger partial charge in [0.1, 0.15) is 18.2 Å². The van der Waals surface area contributed by atoms with Crippen LogP contribution < -0.4 is 9.64 Å². The maximum absolute atomic E-state index is 14.2. The Morgan fingerprint density at radius 1 is 0.935 bits per heavy atom. The number of nitrogens with zero attached hydrogens (tertiary/aromatic N) is 2. The normalized spacial score (nSPS) is 13.0. The molecule has 0 spiro atoms. The third-order valence-corrected chi connectivity index (χ3v) is 5.50. The fourth-order valence-corrected chi connectivity index (χ4v) is 3.99. The number of aromatic nitrogens is 1. The van der Waals surface area contributed by atoms with Crippen LogP contribution in [0.3, 0.4) is 0 Å². The van der Waals surface area contributed by atoms with Crippen LogP contribution in [0, 0.1) is 5.82 Å². The van der Waals surface area contributed by atoms with Gasteiger partial charge in [-0.15, -0.1) is 0 Å². The van der Waals surface area contributed by atoms with Gasteiger partial charge < -0.3 is 9.30 Å². The lowest BCUT2D eigenvalue weighted by molar-refractivity contribution is -0.114. The second-order valence-electron chi connectivity index (χ2n) is 7.38. The lowest BCUT2D eigenvalue weighted by Crippen LogP contribution is -2.41. The molecule has 0 atom stereocenters. The second kappa shape index (κ2) is 7.72. The molecule has 4 aromatic rings. The summed E-state index contributed by atoms with van der Waals surface area (Å²) in [6.07, 6.45) is 1.64. The van der Waals surface area contributed by atoms with Crippen molar-refractivity contribution in [3.05, 3.63) is 95.9 Å². The predicted molar refractivity (Wildman–Crippen MR) is 116 cm³/mol. The summed E-state index contributed by atoms with van der Waals surface area (Å²) in [5.74, 6) is -0.934. The van der Waals surface area contributed by atoms with E-state index in [0.29, 0.717) is 41.1 Å². The zero-order chi connectivity index (χ0) is 21.4. The average Bonchev–Trinajstić information content (AvgIpc) is 3.18. The van der Waals surface area contributed by atoms with E-state index in [-0.39, 0.29) is 12.4 Å². The highest BCUT2D eigenvalue weighted by Gasteiger charge is 2.30. The Morgan fingerprint density at radius 3 is 2.55 bits per heavy atom. The molecular formula is C25H19FN2O3. The molecule has 6 heteroatoms. The molecule has 1 aliphatic rings. The number of anilines is 1. The van der Waals surface area contributed by atoms with E-state index in [9.17, 15) is 14.0 Å². The Labute approximate surface area is 178 Å². The SMILES string of the molecule is O=C(C(=O)N1CCOc2ccccc21)c1cn(Cc2ccccc2F)c2ccccc12. The quantitative estimate of drug-likeness (QED) is 0.367. The molecule has 0 saturated heterocycles. The molecule has 0 radical (unpaired) electrons. The van der Waals surface area contributed by atoms with E-state index in [1.54, 1.807) is 48.7 Å². The molecule has 3 aromatic carbocycles. The number of benzene rings is 3. The number of hydrogen-bond acceptors (Lipinski definition) is 3. The average molecular weight is 414 g/mol. The lowest BCUT2D eigenvalue weighted by Gasteiger charge is -2.28.